The molecule has 0 unspecified atom stereocenters. The number of rotatable bonds is 4. The van der Waals surface area contributed by atoms with Crippen LogP contribution in [0.2, 0.25) is 0 Å². The van der Waals surface area contributed by atoms with E-state index in [4.69, 9.17) is 0 Å². The second kappa shape index (κ2) is 7.93. The standard InChI is InChI=1S/C19H17N.HI/c1-3-7-17(8-4-1)19(18-9-5-2-6-10-18)15-16-11-13-20-14-12-16;/h1-14,19H,15H2;1H. The minimum absolute atomic E-state index is 0. The fourth-order valence-corrected chi connectivity index (χ4v) is 2.55. The maximum Gasteiger partial charge on any atom is 0.0270 e. The first-order chi connectivity index (χ1) is 9.93. The van der Waals surface area contributed by atoms with E-state index >= 15 is 0 Å². The van der Waals surface area contributed by atoms with E-state index in [0.717, 1.165) is 6.42 Å². The van der Waals surface area contributed by atoms with Gasteiger partial charge in [-0.2, -0.15) is 0 Å². The Balaban J connectivity index is 0.00000161. The van der Waals surface area contributed by atoms with Crippen LogP contribution in [0, 0.1) is 0 Å². The van der Waals surface area contributed by atoms with Gasteiger partial charge in [-0.15, -0.1) is 24.0 Å². The average molecular weight is 387 g/mol. The summed E-state index contributed by atoms with van der Waals surface area (Å²) in [5.74, 6) is 0.389. The van der Waals surface area contributed by atoms with Crippen molar-refractivity contribution >= 4 is 24.0 Å². The minimum Gasteiger partial charge on any atom is -0.265 e. The van der Waals surface area contributed by atoms with E-state index in [2.05, 4.69) is 77.8 Å². The number of pyridine rings is 1. The summed E-state index contributed by atoms with van der Waals surface area (Å²) in [7, 11) is 0. The van der Waals surface area contributed by atoms with E-state index in [0.29, 0.717) is 5.92 Å². The van der Waals surface area contributed by atoms with Gasteiger partial charge in [-0.25, -0.2) is 0 Å². The number of aromatic nitrogens is 1. The van der Waals surface area contributed by atoms with Gasteiger partial charge in [-0.1, -0.05) is 60.7 Å². The lowest BCUT2D eigenvalue weighted by Gasteiger charge is -2.18. The third-order valence-corrected chi connectivity index (χ3v) is 3.59. The van der Waals surface area contributed by atoms with Gasteiger partial charge in [0, 0.05) is 18.3 Å². The maximum absolute atomic E-state index is 4.10. The molecule has 3 aromatic rings. The van der Waals surface area contributed by atoms with Gasteiger partial charge in [0.05, 0.1) is 0 Å². The molecule has 2 heteroatoms. The summed E-state index contributed by atoms with van der Waals surface area (Å²) in [6, 6.07) is 25.6. The molecule has 21 heavy (non-hydrogen) atoms. The molecular formula is C19H18IN. The van der Waals surface area contributed by atoms with Gasteiger partial charge in [0.1, 0.15) is 0 Å². The van der Waals surface area contributed by atoms with Crippen molar-refractivity contribution in [3.05, 3.63) is 102 Å². The summed E-state index contributed by atoms with van der Waals surface area (Å²) < 4.78 is 0. The van der Waals surface area contributed by atoms with E-state index in [-0.39, 0.29) is 24.0 Å². The number of halogens is 1. The van der Waals surface area contributed by atoms with Crippen molar-refractivity contribution in [3.63, 3.8) is 0 Å². The van der Waals surface area contributed by atoms with Crippen LogP contribution in [0.5, 0.6) is 0 Å². The van der Waals surface area contributed by atoms with Crippen LogP contribution >= 0.6 is 24.0 Å². The molecule has 1 aromatic heterocycles. The zero-order valence-corrected chi connectivity index (χ0v) is 14.1. The molecule has 0 atom stereocenters. The molecule has 0 fully saturated rings. The van der Waals surface area contributed by atoms with Crippen molar-refractivity contribution in [2.24, 2.45) is 0 Å². The lowest BCUT2D eigenvalue weighted by Crippen LogP contribution is -2.05. The van der Waals surface area contributed by atoms with Crippen LogP contribution in [-0.4, -0.2) is 4.98 Å². The molecule has 0 aliphatic carbocycles. The quantitative estimate of drug-likeness (QED) is 0.570. The summed E-state index contributed by atoms with van der Waals surface area (Å²) in [6.07, 6.45) is 4.72. The SMILES string of the molecule is I.c1ccc(C(Cc2ccncc2)c2ccccc2)cc1. The highest BCUT2D eigenvalue weighted by atomic mass is 127. The monoisotopic (exact) mass is 387 g/mol. The average Bonchev–Trinajstić information content (AvgIpc) is 2.55. The Morgan fingerprint density at radius 1 is 0.667 bits per heavy atom. The molecule has 0 radical (unpaired) electrons. The highest BCUT2D eigenvalue weighted by Crippen LogP contribution is 2.28. The lowest BCUT2D eigenvalue weighted by molar-refractivity contribution is 0.803. The van der Waals surface area contributed by atoms with E-state index in [1.807, 2.05) is 12.4 Å². The molecule has 0 aliphatic rings. The highest BCUT2D eigenvalue weighted by Gasteiger charge is 2.14. The van der Waals surface area contributed by atoms with E-state index in [9.17, 15) is 0 Å². The van der Waals surface area contributed by atoms with Crippen molar-refractivity contribution < 1.29 is 0 Å². The van der Waals surface area contributed by atoms with Gasteiger partial charge < -0.3 is 0 Å². The van der Waals surface area contributed by atoms with Crippen LogP contribution in [0.4, 0.5) is 0 Å². The largest absolute Gasteiger partial charge is 0.265 e. The Morgan fingerprint density at radius 2 is 1.14 bits per heavy atom. The van der Waals surface area contributed by atoms with Crippen LogP contribution in [0.15, 0.2) is 85.2 Å². The minimum atomic E-state index is 0. The molecule has 3 rings (SSSR count). The molecule has 0 aliphatic heterocycles. The Bertz CT molecular complexity index is 599. The summed E-state index contributed by atoms with van der Waals surface area (Å²) in [4.78, 5) is 4.10. The smallest absolute Gasteiger partial charge is 0.0270 e. The van der Waals surface area contributed by atoms with E-state index in [1.54, 1.807) is 0 Å². The maximum atomic E-state index is 4.10. The van der Waals surface area contributed by atoms with E-state index < -0.39 is 0 Å². The first-order valence-electron chi connectivity index (χ1n) is 6.92. The Kier molecular flexibility index (Phi) is 5.93. The Labute approximate surface area is 143 Å². The molecule has 0 saturated carbocycles. The molecule has 0 amide bonds. The van der Waals surface area contributed by atoms with Crippen LogP contribution in [-0.2, 0) is 6.42 Å². The van der Waals surface area contributed by atoms with Crippen LogP contribution in [0.1, 0.15) is 22.6 Å². The molecule has 106 valence electrons. The predicted octanol–water partition coefficient (Wildman–Crippen LogP) is 5.07. The molecule has 2 aromatic carbocycles. The fourth-order valence-electron chi connectivity index (χ4n) is 2.55. The molecular weight excluding hydrogens is 369 g/mol. The van der Waals surface area contributed by atoms with Crippen LogP contribution < -0.4 is 0 Å². The summed E-state index contributed by atoms with van der Waals surface area (Å²) in [5, 5.41) is 0. The normalized spacial score (nSPS) is 10.1. The fraction of sp³-hybridized carbons (Fsp3) is 0.105. The number of hydrogen-bond donors (Lipinski definition) is 0. The highest BCUT2D eigenvalue weighted by molar-refractivity contribution is 14.0. The first-order valence-corrected chi connectivity index (χ1v) is 6.92. The second-order valence-electron chi connectivity index (χ2n) is 4.93. The Morgan fingerprint density at radius 3 is 1.62 bits per heavy atom. The van der Waals surface area contributed by atoms with Gasteiger partial charge in [0.25, 0.3) is 0 Å². The van der Waals surface area contributed by atoms with Gasteiger partial charge >= 0.3 is 0 Å². The third-order valence-electron chi connectivity index (χ3n) is 3.59. The predicted molar refractivity (Wildman–Crippen MR) is 98.1 cm³/mol. The molecule has 0 spiro atoms. The summed E-state index contributed by atoms with van der Waals surface area (Å²) >= 11 is 0. The van der Waals surface area contributed by atoms with Crippen molar-refractivity contribution in [2.75, 3.05) is 0 Å². The topological polar surface area (TPSA) is 12.9 Å². The summed E-state index contributed by atoms with van der Waals surface area (Å²) in [6.45, 7) is 0. The number of nitrogens with zero attached hydrogens (tertiary/aromatic N) is 1. The summed E-state index contributed by atoms with van der Waals surface area (Å²) in [5.41, 5.74) is 4.03. The second-order valence-corrected chi connectivity index (χ2v) is 4.93. The lowest BCUT2D eigenvalue weighted by atomic mass is 9.86. The van der Waals surface area contributed by atoms with Crippen LogP contribution in [0.3, 0.4) is 0 Å². The van der Waals surface area contributed by atoms with Crippen molar-refractivity contribution in [3.8, 4) is 0 Å². The molecule has 0 saturated heterocycles. The number of benzene rings is 2. The molecule has 1 heterocycles. The Hall–Kier alpha value is -1.68. The van der Waals surface area contributed by atoms with Crippen LogP contribution in [0.25, 0.3) is 0 Å². The van der Waals surface area contributed by atoms with Gasteiger partial charge in [-0.3, -0.25) is 4.98 Å². The molecule has 1 nitrogen and oxygen atoms in total. The van der Waals surface area contributed by atoms with Gasteiger partial charge in [-0.05, 0) is 35.2 Å². The zero-order chi connectivity index (χ0) is 13.6. The first kappa shape index (κ1) is 15.7. The van der Waals surface area contributed by atoms with Crippen molar-refractivity contribution in [1.82, 2.24) is 4.98 Å². The van der Waals surface area contributed by atoms with Gasteiger partial charge in [0.15, 0.2) is 0 Å². The zero-order valence-electron chi connectivity index (χ0n) is 11.7. The molecule has 0 bridgehead atoms. The molecule has 0 N–H and O–H groups in total. The third kappa shape index (κ3) is 4.14. The van der Waals surface area contributed by atoms with E-state index in [1.165, 1.54) is 16.7 Å². The van der Waals surface area contributed by atoms with Gasteiger partial charge in [0.2, 0.25) is 0 Å². The van der Waals surface area contributed by atoms with Crippen molar-refractivity contribution in [2.45, 2.75) is 12.3 Å². The van der Waals surface area contributed by atoms with Crippen molar-refractivity contribution in [1.29, 1.82) is 0 Å². The number of hydrogen-bond acceptors (Lipinski definition) is 1.